The number of benzene rings is 2. The molecule has 0 bridgehead atoms. The fraction of sp³-hybridized carbons (Fsp3) is 0. The first-order chi connectivity index (χ1) is 11.0. The van der Waals surface area contributed by atoms with Crippen LogP contribution in [0.4, 0.5) is 5.69 Å². The van der Waals surface area contributed by atoms with Crippen LogP contribution < -0.4 is 5.63 Å². The Bertz CT molecular complexity index is 988. The van der Waals surface area contributed by atoms with E-state index in [2.05, 4.69) is 0 Å². The Morgan fingerprint density at radius 3 is 2.39 bits per heavy atom. The van der Waals surface area contributed by atoms with Crippen molar-refractivity contribution in [2.75, 3.05) is 0 Å². The van der Waals surface area contributed by atoms with Crippen LogP contribution in [-0.4, -0.2) is 16.0 Å². The Morgan fingerprint density at radius 2 is 1.78 bits per heavy atom. The summed E-state index contributed by atoms with van der Waals surface area (Å²) < 4.78 is 5.14. The molecule has 0 atom stereocenters. The zero-order valence-electron chi connectivity index (χ0n) is 11.6. The molecule has 0 saturated carbocycles. The fourth-order valence-corrected chi connectivity index (χ4v) is 2.21. The monoisotopic (exact) mass is 311 g/mol. The lowest BCUT2D eigenvalue weighted by atomic mass is 10.0. The molecule has 0 saturated heterocycles. The second-order valence-electron chi connectivity index (χ2n) is 4.81. The number of non-ortho nitro benzene ring substituents is 1. The second kappa shape index (κ2) is 5.38. The number of rotatable bonds is 3. The quantitative estimate of drug-likeness (QED) is 0.452. The van der Waals surface area contributed by atoms with Gasteiger partial charge in [-0.1, -0.05) is 12.1 Å². The van der Waals surface area contributed by atoms with Crippen molar-refractivity contribution in [3.63, 3.8) is 0 Å². The average Bonchev–Trinajstić information content (AvgIpc) is 2.53. The summed E-state index contributed by atoms with van der Waals surface area (Å²) in [5.74, 6) is -1.06. The topological polar surface area (TPSA) is 111 Å². The molecule has 2 aromatic carbocycles. The van der Waals surface area contributed by atoms with Crippen LogP contribution in [0, 0.1) is 10.1 Å². The first kappa shape index (κ1) is 14.5. The van der Waals surface area contributed by atoms with Gasteiger partial charge < -0.3 is 9.52 Å². The van der Waals surface area contributed by atoms with E-state index in [4.69, 9.17) is 9.52 Å². The molecule has 0 aliphatic heterocycles. The van der Waals surface area contributed by atoms with E-state index >= 15 is 0 Å². The third-order valence-corrected chi connectivity index (χ3v) is 3.37. The van der Waals surface area contributed by atoms with Gasteiger partial charge in [-0.25, -0.2) is 9.59 Å². The van der Waals surface area contributed by atoms with Gasteiger partial charge in [0.1, 0.15) is 5.58 Å². The zero-order valence-corrected chi connectivity index (χ0v) is 11.6. The Labute approximate surface area is 128 Å². The number of carboxylic acids is 1. The summed E-state index contributed by atoms with van der Waals surface area (Å²) in [6.07, 6.45) is 0. The number of nitrogens with zero attached hydrogens (tertiary/aromatic N) is 1. The van der Waals surface area contributed by atoms with Crippen molar-refractivity contribution in [3.05, 3.63) is 74.6 Å². The van der Waals surface area contributed by atoms with E-state index < -0.39 is 16.5 Å². The number of nitro benzene ring substituents is 1. The Balaban J connectivity index is 2.13. The number of hydrogen-bond acceptors (Lipinski definition) is 5. The zero-order chi connectivity index (χ0) is 16.6. The van der Waals surface area contributed by atoms with Gasteiger partial charge in [-0.2, -0.15) is 0 Å². The smallest absolute Gasteiger partial charge is 0.344 e. The Morgan fingerprint density at radius 1 is 1.09 bits per heavy atom. The molecule has 1 heterocycles. The molecule has 114 valence electrons. The van der Waals surface area contributed by atoms with Crippen molar-refractivity contribution in [1.82, 2.24) is 0 Å². The summed E-state index contributed by atoms with van der Waals surface area (Å²) in [7, 11) is 0. The molecule has 23 heavy (non-hydrogen) atoms. The Kier molecular flexibility index (Phi) is 3.38. The predicted octanol–water partition coefficient (Wildman–Crippen LogP) is 3.07. The molecule has 1 N–H and O–H groups in total. The molecular weight excluding hydrogens is 302 g/mol. The van der Waals surface area contributed by atoms with Gasteiger partial charge >= 0.3 is 11.6 Å². The maximum atomic E-state index is 12.1. The van der Waals surface area contributed by atoms with Gasteiger partial charge in [0.25, 0.3) is 5.69 Å². The van der Waals surface area contributed by atoms with Gasteiger partial charge in [0.05, 0.1) is 22.1 Å². The summed E-state index contributed by atoms with van der Waals surface area (Å²) in [4.78, 5) is 33.1. The molecule has 0 radical (unpaired) electrons. The van der Waals surface area contributed by atoms with E-state index in [9.17, 15) is 19.7 Å². The largest absolute Gasteiger partial charge is 0.478 e. The van der Waals surface area contributed by atoms with Crippen molar-refractivity contribution < 1.29 is 19.2 Å². The minimum Gasteiger partial charge on any atom is -0.478 e. The van der Waals surface area contributed by atoms with Gasteiger partial charge in [-0.15, -0.1) is 0 Å². The SMILES string of the molecule is O=C(O)c1ccc(-c2cc3ccc([N+](=O)[O-])cc3oc2=O)cc1. The number of nitro groups is 1. The molecule has 0 unspecified atom stereocenters. The van der Waals surface area contributed by atoms with Crippen molar-refractivity contribution in [2.45, 2.75) is 0 Å². The van der Waals surface area contributed by atoms with Crippen LogP contribution in [0.5, 0.6) is 0 Å². The van der Waals surface area contributed by atoms with Crippen molar-refractivity contribution >= 4 is 22.6 Å². The minimum atomic E-state index is -1.06. The maximum absolute atomic E-state index is 12.1. The van der Waals surface area contributed by atoms with Crippen molar-refractivity contribution in [1.29, 1.82) is 0 Å². The molecule has 3 aromatic rings. The highest BCUT2D eigenvalue weighted by Crippen LogP contribution is 2.24. The number of hydrogen-bond donors (Lipinski definition) is 1. The molecule has 0 aliphatic rings. The van der Waals surface area contributed by atoms with Crippen molar-refractivity contribution in [2.24, 2.45) is 0 Å². The lowest BCUT2D eigenvalue weighted by molar-refractivity contribution is -0.384. The van der Waals surface area contributed by atoms with Gasteiger partial charge in [0.15, 0.2) is 0 Å². The van der Waals surface area contributed by atoms with Crippen LogP contribution in [0.1, 0.15) is 10.4 Å². The molecule has 3 rings (SSSR count). The van der Waals surface area contributed by atoms with E-state index in [1.54, 1.807) is 6.07 Å². The van der Waals surface area contributed by atoms with Crippen LogP contribution in [0.25, 0.3) is 22.1 Å². The third kappa shape index (κ3) is 2.67. The van der Waals surface area contributed by atoms with Crippen LogP contribution >= 0.6 is 0 Å². The second-order valence-corrected chi connectivity index (χ2v) is 4.81. The van der Waals surface area contributed by atoms with Crippen molar-refractivity contribution in [3.8, 4) is 11.1 Å². The summed E-state index contributed by atoms with van der Waals surface area (Å²) in [6, 6.07) is 11.3. The standard InChI is InChI=1S/C16H9NO6/c18-15(19)10-3-1-9(2-4-10)13-7-11-5-6-12(17(21)22)8-14(11)23-16(13)20/h1-8H,(H,18,19). The summed E-state index contributed by atoms with van der Waals surface area (Å²) in [6.45, 7) is 0. The highest BCUT2D eigenvalue weighted by Gasteiger charge is 2.12. The van der Waals surface area contributed by atoms with E-state index in [0.29, 0.717) is 10.9 Å². The van der Waals surface area contributed by atoms with Crippen LogP contribution in [0.3, 0.4) is 0 Å². The highest BCUT2D eigenvalue weighted by atomic mass is 16.6. The fourth-order valence-electron chi connectivity index (χ4n) is 2.21. The molecule has 0 fully saturated rings. The lowest BCUT2D eigenvalue weighted by Gasteiger charge is -2.03. The predicted molar refractivity (Wildman–Crippen MR) is 81.5 cm³/mol. The maximum Gasteiger partial charge on any atom is 0.344 e. The van der Waals surface area contributed by atoms with Crippen LogP contribution in [-0.2, 0) is 0 Å². The summed E-state index contributed by atoms with van der Waals surface area (Å²) in [5, 5.41) is 20.2. The number of carbonyl (C=O) groups is 1. The normalized spacial score (nSPS) is 10.6. The lowest BCUT2D eigenvalue weighted by Crippen LogP contribution is -2.03. The van der Waals surface area contributed by atoms with E-state index in [1.807, 2.05) is 0 Å². The van der Waals surface area contributed by atoms with E-state index in [1.165, 1.54) is 42.5 Å². The molecule has 0 aliphatic carbocycles. The number of aromatic carboxylic acids is 1. The first-order valence-corrected chi connectivity index (χ1v) is 6.52. The number of fused-ring (bicyclic) bond motifs is 1. The molecule has 7 nitrogen and oxygen atoms in total. The van der Waals surface area contributed by atoms with E-state index in [-0.39, 0.29) is 22.4 Å². The molecule has 0 amide bonds. The van der Waals surface area contributed by atoms with Gasteiger partial charge in [-0.3, -0.25) is 10.1 Å². The van der Waals surface area contributed by atoms with Crippen LogP contribution in [0.2, 0.25) is 0 Å². The summed E-state index contributed by atoms with van der Waals surface area (Å²) >= 11 is 0. The third-order valence-electron chi connectivity index (χ3n) is 3.37. The molecule has 7 heteroatoms. The van der Waals surface area contributed by atoms with Crippen LogP contribution in [0.15, 0.2) is 57.7 Å². The minimum absolute atomic E-state index is 0.106. The molecule has 0 spiro atoms. The van der Waals surface area contributed by atoms with Gasteiger partial charge in [0.2, 0.25) is 0 Å². The molecule has 1 aromatic heterocycles. The van der Waals surface area contributed by atoms with Gasteiger partial charge in [0, 0.05) is 11.5 Å². The highest BCUT2D eigenvalue weighted by molar-refractivity contribution is 5.89. The summed E-state index contributed by atoms with van der Waals surface area (Å²) in [5.41, 5.74) is 0.164. The Hall–Kier alpha value is -3.48. The average molecular weight is 311 g/mol. The van der Waals surface area contributed by atoms with Gasteiger partial charge in [-0.05, 0) is 29.8 Å². The van der Waals surface area contributed by atoms with E-state index in [0.717, 1.165) is 0 Å². The molecular formula is C16H9NO6. The number of carboxylic acid groups (broad SMARTS) is 1. The first-order valence-electron chi connectivity index (χ1n) is 6.52.